The van der Waals surface area contributed by atoms with Crippen LogP contribution in [0.5, 0.6) is 0 Å². The average Bonchev–Trinajstić information content (AvgIpc) is 2.42. The molecule has 1 N–H and O–H groups in total. The van der Waals surface area contributed by atoms with E-state index in [0.717, 1.165) is 31.2 Å². The number of hydrogen-bond acceptors (Lipinski definition) is 1. The Kier molecular flexibility index (Phi) is 2.90. The maximum absolute atomic E-state index is 11.1. The van der Waals surface area contributed by atoms with Crippen LogP contribution in [0.2, 0.25) is 0 Å². The Labute approximate surface area is 115 Å². The summed E-state index contributed by atoms with van der Waals surface area (Å²) >= 11 is 0. The van der Waals surface area contributed by atoms with Crippen LogP contribution in [0.25, 0.3) is 10.8 Å². The van der Waals surface area contributed by atoms with Crippen LogP contribution in [-0.4, -0.2) is 5.11 Å². The Morgan fingerprint density at radius 3 is 2.21 bits per heavy atom. The molecule has 3 rings (SSSR count). The zero-order chi connectivity index (χ0) is 13.5. The number of fused-ring (bicyclic) bond motifs is 1. The molecule has 1 heteroatoms. The van der Waals surface area contributed by atoms with Crippen LogP contribution in [0, 0.1) is 5.41 Å². The first-order valence-corrected chi connectivity index (χ1v) is 7.21. The van der Waals surface area contributed by atoms with Gasteiger partial charge in [-0.05, 0) is 47.4 Å². The first-order chi connectivity index (χ1) is 9.00. The van der Waals surface area contributed by atoms with E-state index in [2.05, 4.69) is 56.3 Å². The van der Waals surface area contributed by atoms with Gasteiger partial charge in [-0.25, -0.2) is 0 Å². The summed E-state index contributed by atoms with van der Waals surface area (Å²) in [4.78, 5) is 0. The van der Waals surface area contributed by atoms with E-state index < -0.39 is 5.60 Å². The Morgan fingerprint density at radius 2 is 1.47 bits per heavy atom. The van der Waals surface area contributed by atoms with Crippen molar-refractivity contribution in [3.05, 3.63) is 48.0 Å². The van der Waals surface area contributed by atoms with Gasteiger partial charge in [-0.1, -0.05) is 56.3 Å². The molecule has 19 heavy (non-hydrogen) atoms. The molecule has 1 aliphatic carbocycles. The Morgan fingerprint density at radius 1 is 0.842 bits per heavy atom. The van der Waals surface area contributed by atoms with Crippen LogP contribution < -0.4 is 0 Å². The zero-order valence-electron chi connectivity index (χ0n) is 11.8. The third kappa shape index (κ3) is 2.28. The molecule has 0 spiro atoms. The van der Waals surface area contributed by atoms with Crippen LogP contribution in [0.1, 0.15) is 45.1 Å². The molecule has 0 atom stereocenters. The van der Waals surface area contributed by atoms with Crippen molar-refractivity contribution >= 4 is 10.8 Å². The normalized spacial score (nSPS) is 21.4. The van der Waals surface area contributed by atoms with Gasteiger partial charge in [0.15, 0.2) is 0 Å². The van der Waals surface area contributed by atoms with Crippen LogP contribution in [0.15, 0.2) is 42.5 Å². The van der Waals surface area contributed by atoms with Gasteiger partial charge in [0.1, 0.15) is 0 Å². The fourth-order valence-corrected chi connectivity index (χ4v) is 3.24. The molecular formula is C18H22O. The van der Waals surface area contributed by atoms with Crippen LogP contribution in [-0.2, 0) is 5.60 Å². The molecular weight excluding hydrogens is 232 g/mol. The fourth-order valence-electron chi connectivity index (χ4n) is 3.24. The first kappa shape index (κ1) is 12.7. The quantitative estimate of drug-likeness (QED) is 0.786. The maximum Gasteiger partial charge on any atom is 0.0903 e. The number of hydrogen-bond donors (Lipinski definition) is 1. The summed E-state index contributed by atoms with van der Waals surface area (Å²) in [7, 11) is 0. The van der Waals surface area contributed by atoms with Gasteiger partial charge in [0, 0.05) is 0 Å². The van der Waals surface area contributed by atoms with Crippen molar-refractivity contribution in [3.8, 4) is 0 Å². The molecule has 0 unspecified atom stereocenters. The second kappa shape index (κ2) is 4.35. The summed E-state index contributed by atoms with van der Waals surface area (Å²) in [6.07, 6.45) is 3.92. The molecule has 0 bridgehead atoms. The zero-order valence-corrected chi connectivity index (χ0v) is 11.8. The second-order valence-corrected chi connectivity index (χ2v) is 6.72. The van der Waals surface area contributed by atoms with Crippen molar-refractivity contribution in [2.24, 2.45) is 5.41 Å². The van der Waals surface area contributed by atoms with Crippen molar-refractivity contribution in [2.75, 3.05) is 0 Å². The van der Waals surface area contributed by atoms with E-state index in [1.165, 1.54) is 10.8 Å². The minimum absolute atomic E-state index is 0.372. The molecule has 0 aromatic heterocycles. The first-order valence-electron chi connectivity index (χ1n) is 7.21. The number of aliphatic hydroxyl groups is 1. The maximum atomic E-state index is 11.1. The highest BCUT2D eigenvalue weighted by Gasteiger charge is 2.38. The smallest absolute Gasteiger partial charge is 0.0903 e. The topological polar surface area (TPSA) is 20.2 Å². The minimum Gasteiger partial charge on any atom is -0.385 e. The third-order valence-electron chi connectivity index (χ3n) is 4.72. The largest absolute Gasteiger partial charge is 0.385 e. The van der Waals surface area contributed by atoms with Gasteiger partial charge < -0.3 is 5.11 Å². The summed E-state index contributed by atoms with van der Waals surface area (Å²) < 4.78 is 0. The van der Waals surface area contributed by atoms with Crippen LogP contribution in [0.4, 0.5) is 0 Å². The SMILES string of the molecule is CC1(C)CCC(O)(c2cccc3ccccc23)CC1. The fraction of sp³-hybridized carbons (Fsp3) is 0.444. The van der Waals surface area contributed by atoms with Crippen molar-refractivity contribution in [1.29, 1.82) is 0 Å². The average molecular weight is 254 g/mol. The standard InChI is InChI=1S/C18H22O/c1-17(2)10-12-18(19,13-11-17)16-9-5-7-14-6-3-4-8-15(14)16/h3-9,19H,10-13H2,1-2H3. The molecule has 0 aliphatic heterocycles. The van der Waals surface area contributed by atoms with Gasteiger partial charge in [-0.2, -0.15) is 0 Å². The van der Waals surface area contributed by atoms with E-state index in [-0.39, 0.29) is 0 Å². The predicted molar refractivity (Wildman–Crippen MR) is 80.1 cm³/mol. The molecule has 0 heterocycles. The molecule has 1 nitrogen and oxygen atoms in total. The van der Waals surface area contributed by atoms with E-state index in [9.17, 15) is 5.11 Å². The van der Waals surface area contributed by atoms with Gasteiger partial charge >= 0.3 is 0 Å². The third-order valence-corrected chi connectivity index (χ3v) is 4.72. The highest BCUT2D eigenvalue weighted by atomic mass is 16.3. The second-order valence-electron chi connectivity index (χ2n) is 6.72. The molecule has 2 aromatic rings. The molecule has 0 saturated heterocycles. The molecule has 1 fully saturated rings. The Bertz CT molecular complexity index is 582. The summed E-state index contributed by atoms with van der Waals surface area (Å²) in [6, 6.07) is 14.6. The molecule has 100 valence electrons. The van der Waals surface area contributed by atoms with E-state index in [1.54, 1.807) is 0 Å². The summed E-state index contributed by atoms with van der Waals surface area (Å²) in [5.41, 5.74) is 0.841. The van der Waals surface area contributed by atoms with Crippen molar-refractivity contribution in [1.82, 2.24) is 0 Å². The molecule has 0 amide bonds. The van der Waals surface area contributed by atoms with E-state index in [0.29, 0.717) is 5.41 Å². The van der Waals surface area contributed by atoms with Crippen molar-refractivity contribution in [2.45, 2.75) is 45.1 Å². The summed E-state index contributed by atoms with van der Waals surface area (Å²) in [5, 5.41) is 13.5. The van der Waals surface area contributed by atoms with Gasteiger partial charge in [0.2, 0.25) is 0 Å². The molecule has 1 aliphatic rings. The monoisotopic (exact) mass is 254 g/mol. The van der Waals surface area contributed by atoms with E-state index in [4.69, 9.17) is 0 Å². The lowest BCUT2D eigenvalue weighted by atomic mass is 9.68. The summed E-state index contributed by atoms with van der Waals surface area (Å²) in [5.74, 6) is 0. The lowest BCUT2D eigenvalue weighted by Crippen LogP contribution is -2.34. The lowest BCUT2D eigenvalue weighted by Gasteiger charge is -2.41. The Hall–Kier alpha value is -1.34. The minimum atomic E-state index is -0.642. The predicted octanol–water partition coefficient (Wildman–Crippen LogP) is 4.63. The molecule has 2 aromatic carbocycles. The Balaban J connectivity index is 2.05. The number of benzene rings is 2. The van der Waals surface area contributed by atoms with Crippen molar-refractivity contribution in [3.63, 3.8) is 0 Å². The molecule has 1 saturated carbocycles. The summed E-state index contributed by atoms with van der Waals surface area (Å²) in [6.45, 7) is 4.60. The lowest BCUT2D eigenvalue weighted by molar-refractivity contribution is -0.0293. The van der Waals surface area contributed by atoms with Gasteiger partial charge in [-0.15, -0.1) is 0 Å². The van der Waals surface area contributed by atoms with E-state index in [1.807, 2.05) is 0 Å². The van der Waals surface area contributed by atoms with Gasteiger partial charge in [0.05, 0.1) is 5.60 Å². The van der Waals surface area contributed by atoms with Crippen molar-refractivity contribution < 1.29 is 5.11 Å². The highest BCUT2D eigenvalue weighted by Crippen LogP contribution is 2.46. The van der Waals surface area contributed by atoms with E-state index >= 15 is 0 Å². The van der Waals surface area contributed by atoms with Gasteiger partial charge in [0.25, 0.3) is 0 Å². The van der Waals surface area contributed by atoms with Crippen LogP contribution >= 0.6 is 0 Å². The molecule has 0 radical (unpaired) electrons. The number of rotatable bonds is 1. The highest BCUT2D eigenvalue weighted by molar-refractivity contribution is 5.86. The van der Waals surface area contributed by atoms with Crippen LogP contribution in [0.3, 0.4) is 0 Å². The van der Waals surface area contributed by atoms with Gasteiger partial charge in [-0.3, -0.25) is 0 Å².